The summed E-state index contributed by atoms with van der Waals surface area (Å²) in [5.74, 6) is 2.44. The minimum Gasteiger partial charge on any atom is -0.352 e. The van der Waals surface area contributed by atoms with Crippen LogP contribution in [0.15, 0.2) is 12.2 Å². The van der Waals surface area contributed by atoms with Crippen molar-refractivity contribution in [1.82, 2.24) is 0 Å². The standard InChI is InChI=1S/C24H42O4/c1-3-5-6-8-20-15-25-23(26-16-20)14-11-21-17-27-24(28-18-21)22-12-9-19(7-4-2)10-13-22/h6,8,19-24H,3-5,7,9-18H2,1-2H3/b8-6+. The smallest absolute Gasteiger partial charge is 0.160 e. The fourth-order valence-corrected chi connectivity index (χ4v) is 4.82. The van der Waals surface area contributed by atoms with E-state index < -0.39 is 0 Å². The van der Waals surface area contributed by atoms with Gasteiger partial charge in [-0.25, -0.2) is 0 Å². The van der Waals surface area contributed by atoms with Crippen LogP contribution in [0.25, 0.3) is 0 Å². The highest BCUT2D eigenvalue weighted by atomic mass is 16.7. The molecule has 4 nitrogen and oxygen atoms in total. The van der Waals surface area contributed by atoms with Gasteiger partial charge in [-0.3, -0.25) is 0 Å². The normalized spacial score (nSPS) is 37.4. The van der Waals surface area contributed by atoms with Crippen molar-refractivity contribution in [3.63, 3.8) is 0 Å². The van der Waals surface area contributed by atoms with Crippen molar-refractivity contribution < 1.29 is 18.9 Å². The van der Waals surface area contributed by atoms with Gasteiger partial charge in [0.15, 0.2) is 12.6 Å². The largest absolute Gasteiger partial charge is 0.352 e. The zero-order valence-corrected chi connectivity index (χ0v) is 18.2. The molecule has 0 spiro atoms. The summed E-state index contributed by atoms with van der Waals surface area (Å²) >= 11 is 0. The first kappa shape index (κ1) is 22.3. The Morgan fingerprint density at radius 1 is 0.714 bits per heavy atom. The van der Waals surface area contributed by atoms with Crippen molar-refractivity contribution in [2.75, 3.05) is 26.4 Å². The van der Waals surface area contributed by atoms with Crippen LogP contribution in [0.4, 0.5) is 0 Å². The summed E-state index contributed by atoms with van der Waals surface area (Å²) in [5, 5.41) is 0. The first-order valence-corrected chi connectivity index (χ1v) is 11.9. The lowest BCUT2D eigenvalue weighted by molar-refractivity contribution is -0.235. The molecule has 1 saturated carbocycles. The Labute approximate surface area is 172 Å². The zero-order valence-electron chi connectivity index (χ0n) is 18.2. The maximum absolute atomic E-state index is 6.12. The van der Waals surface area contributed by atoms with Gasteiger partial charge in [0, 0.05) is 17.8 Å². The Bertz CT molecular complexity index is 428. The Morgan fingerprint density at radius 2 is 1.43 bits per heavy atom. The Hall–Kier alpha value is -0.420. The third-order valence-corrected chi connectivity index (χ3v) is 6.63. The molecule has 2 aliphatic heterocycles. The molecular weight excluding hydrogens is 352 g/mol. The van der Waals surface area contributed by atoms with Gasteiger partial charge in [0.1, 0.15) is 0 Å². The molecule has 1 aliphatic carbocycles. The van der Waals surface area contributed by atoms with Crippen LogP contribution in [0.3, 0.4) is 0 Å². The third-order valence-electron chi connectivity index (χ3n) is 6.63. The summed E-state index contributed by atoms with van der Waals surface area (Å²) in [6.45, 7) is 7.72. The molecule has 162 valence electrons. The van der Waals surface area contributed by atoms with E-state index in [2.05, 4.69) is 26.0 Å². The highest BCUT2D eigenvalue weighted by Crippen LogP contribution is 2.36. The quantitative estimate of drug-likeness (QED) is 0.470. The Balaban J connectivity index is 1.26. The average molecular weight is 395 g/mol. The van der Waals surface area contributed by atoms with Crippen LogP contribution in [-0.4, -0.2) is 39.0 Å². The molecule has 0 N–H and O–H groups in total. The molecule has 0 amide bonds. The van der Waals surface area contributed by atoms with Crippen molar-refractivity contribution in [2.24, 2.45) is 23.7 Å². The predicted molar refractivity (Wildman–Crippen MR) is 112 cm³/mol. The van der Waals surface area contributed by atoms with Gasteiger partial charge < -0.3 is 18.9 Å². The van der Waals surface area contributed by atoms with E-state index >= 15 is 0 Å². The summed E-state index contributed by atoms with van der Waals surface area (Å²) in [4.78, 5) is 0. The summed E-state index contributed by atoms with van der Waals surface area (Å²) < 4.78 is 24.1. The van der Waals surface area contributed by atoms with E-state index in [0.29, 0.717) is 17.8 Å². The van der Waals surface area contributed by atoms with Gasteiger partial charge in [-0.2, -0.15) is 0 Å². The van der Waals surface area contributed by atoms with E-state index in [1.807, 2.05) is 0 Å². The predicted octanol–water partition coefficient (Wildman–Crippen LogP) is 5.71. The second kappa shape index (κ2) is 12.3. The van der Waals surface area contributed by atoms with Gasteiger partial charge in [-0.05, 0) is 50.9 Å². The van der Waals surface area contributed by atoms with Crippen molar-refractivity contribution in [1.29, 1.82) is 0 Å². The number of hydrogen-bond acceptors (Lipinski definition) is 4. The van der Waals surface area contributed by atoms with Crippen LogP contribution in [-0.2, 0) is 18.9 Å². The molecule has 28 heavy (non-hydrogen) atoms. The van der Waals surface area contributed by atoms with Gasteiger partial charge in [-0.15, -0.1) is 0 Å². The fourth-order valence-electron chi connectivity index (χ4n) is 4.82. The Kier molecular flexibility index (Phi) is 9.79. The van der Waals surface area contributed by atoms with Crippen molar-refractivity contribution in [3.8, 4) is 0 Å². The third kappa shape index (κ3) is 7.12. The molecule has 0 aromatic heterocycles. The van der Waals surface area contributed by atoms with Crippen LogP contribution in [0.2, 0.25) is 0 Å². The second-order valence-electron chi connectivity index (χ2n) is 9.12. The van der Waals surface area contributed by atoms with E-state index in [-0.39, 0.29) is 12.6 Å². The van der Waals surface area contributed by atoms with Crippen molar-refractivity contribution in [3.05, 3.63) is 12.2 Å². The Morgan fingerprint density at radius 3 is 2.07 bits per heavy atom. The molecule has 4 heteroatoms. The molecule has 0 aromatic rings. The van der Waals surface area contributed by atoms with E-state index in [4.69, 9.17) is 18.9 Å². The van der Waals surface area contributed by atoms with Crippen LogP contribution in [0.5, 0.6) is 0 Å². The summed E-state index contributed by atoms with van der Waals surface area (Å²) in [6, 6.07) is 0. The summed E-state index contributed by atoms with van der Waals surface area (Å²) in [6.07, 6.45) is 16.8. The molecule has 0 unspecified atom stereocenters. The molecule has 2 saturated heterocycles. The maximum atomic E-state index is 6.12. The lowest BCUT2D eigenvalue weighted by Crippen LogP contribution is -2.39. The minimum absolute atomic E-state index is 0.0386. The number of unbranched alkanes of at least 4 members (excludes halogenated alkanes) is 1. The summed E-state index contributed by atoms with van der Waals surface area (Å²) in [7, 11) is 0. The first-order chi connectivity index (χ1) is 13.8. The van der Waals surface area contributed by atoms with Crippen LogP contribution >= 0.6 is 0 Å². The molecule has 3 rings (SSSR count). The van der Waals surface area contributed by atoms with Gasteiger partial charge in [0.05, 0.1) is 26.4 Å². The second-order valence-corrected chi connectivity index (χ2v) is 9.12. The maximum Gasteiger partial charge on any atom is 0.160 e. The van der Waals surface area contributed by atoms with Crippen LogP contribution < -0.4 is 0 Å². The highest BCUT2D eigenvalue weighted by Gasteiger charge is 2.32. The molecule has 0 bridgehead atoms. The highest BCUT2D eigenvalue weighted by molar-refractivity contribution is 4.89. The molecule has 3 fully saturated rings. The molecular formula is C24H42O4. The van der Waals surface area contributed by atoms with Gasteiger partial charge in [0.2, 0.25) is 0 Å². The molecule has 0 aromatic carbocycles. The molecule has 2 heterocycles. The molecule has 0 radical (unpaired) electrons. The topological polar surface area (TPSA) is 36.9 Å². The van der Waals surface area contributed by atoms with Gasteiger partial charge in [-0.1, -0.05) is 45.3 Å². The summed E-state index contributed by atoms with van der Waals surface area (Å²) in [5.41, 5.74) is 0. The first-order valence-electron chi connectivity index (χ1n) is 11.9. The van der Waals surface area contributed by atoms with Crippen LogP contribution in [0, 0.1) is 23.7 Å². The van der Waals surface area contributed by atoms with E-state index in [0.717, 1.165) is 51.6 Å². The van der Waals surface area contributed by atoms with Crippen molar-refractivity contribution >= 4 is 0 Å². The zero-order chi connectivity index (χ0) is 19.6. The number of rotatable bonds is 9. The van der Waals surface area contributed by atoms with Gasteiger partial charge in [0.25, 0.3) is 0 Å². The fraction of sp³-hybridized carbons (Fsp3) is 0.917. The molecule has 3 aliphatic rings. The average Bonchev–Trinajstić information content (AvgIpc) is 2.75. The molecule has 0 atom stereocenters. The van der Waals surface area contributed by atoms with E-state index in [1.54, 1.807) is 0 Å². The lowest BCUT2D eigenvalue weighted by Gasteiger charge is -2.38. The lowest BCUT2D eigenvalue weighted by atomic mass is 9.79. The SMILES string of the molecule is CCC/C=C/C1COC(CCC2COC(C3CCC(CCC)CC3)OC2)OC1. The van der Waals surface area contributed by atoms with E-state index in [9.17, 15) is 0 Å². The monoisotopic (exact) mass is 394 g/mol. The minimum atomic E-state index is -0.0533. The number of hydrogen-bond donors (Lipinski definition) is 0. The van der Waals surface area contributed by atoms with Gasteiger partial charge >= 0.3 is 0 Å². The van der Waals surface area contributed by atoms with Crippen LogP contribution in [0.1, 0.15) is 78.1 Å². The van der Waals surface area contributed by atoms with E-state index in [1.165, 1.54) is 44.9 Å². The number of allylic oxidation sites excluding steroid dienone is 1. The van der Waals surface area contributed by atoms with Crippen molar-refractivity contribution in [2.45, 2.75) is 90.6 Å². The number of ether oxygens (including phenoxy) is 4.